The van der Waals surface area contributed by atoms with E-state index in [1.807, 2.05) is 24.3 Å². The minimum absolute atomic E-state index is 0.0904. The van der Waals surface area contributed by atoms with Crippen molar-refractivity contribution in [3.8, 4) is 23.8 Å². The van der Waals surface area contributed by atoms with E-state index < -0.39 is 17.5 Å². The molecule has 2 aromatic rings. The smallest absolute Gasteiger partial charge is 0.256 e. The van der Waals surface area contributed by atoms with Gasteiger partial charge in [-0.2, -0.15) is 0 Å². The molecule has 0 bridgehead atoms. The number of nitrogens with one attached hydrogen (secondary N) is 1. The number of amides is 1. The van der Waals surface area contributed by atoms with Gasteiger partial charge >= 0.3 is 0 Å². The van der Waals surface area contributed by atoms with Crippen molar-refractivity contribution < 1.29 is 19.2 Å². The van der Waals surface area contributed by atoms with Crippen molar-refractivity contribution in [3.05, 3.63) is 63.7 Å². The largest absolute Gasteiger partial charge is 0.493 e. The van der Waals surface area contributed by atoms with Crippen molar-refractivity contribution >= 4 is 11.6 Å². The molecule has 0 unspecified atom stereocenters. The molecule has 3 aliphatic heterocycles. The maximum atomic E-state index is 13.5. The van der Waals surface area contributed by atoms with Gasteiger partial charge in [0.25, 0.3) is 11.9 Å². The van der Waals surface area contributed by atoms with Crippen LogP contribution in [0.1, 0.15) is 29.9 Å². The summed E-state index contributed by atoms with van der Waals surface area (Å²) < 4.78 is 11.0. The molecular weight excluding hydrogens is 410 g/mol. The zero-order valence-corrected chi connectivity index (χ0v) is 17.6. The highest BCUT2D eigenvalue weighted by molar-refractivity contribution is 6.07. The fourth-order valence-corrected chi connectivity index (χ4v) is 5.91. The van der Waals surface area contributed by atoms with Crippen molar-refractivity contribution in [2.24, 2.45) is 0 Å². The number of para-hydroxylation sites is 1. The Morgan fingerprint density at radius 2 is 2.12 bits per heavy atom. The van der Waals surface area contributed by atoms with E-state index in [2.05, 4.69) is 16.1 Å². The van der Waals surface area contributed by atoms with E-state index in [0.717, 1.165) is 18.4 Å². The average Bonchev–Trinajstić information content (AvgIpc) is 3.45. The zero-order valence-electron chi connectivity index (χ0n) is 17.6. The number of fused-ring (bicyclic) bond motifs is 4. The lowest BCUT2D eigenvalue weighted by Crippen LogP contribution is -2.55. The van der Waals surface area contributed by atoms with Gasteiger partial charge in [0, 0.05) is 28.8 Å². The lowest BCUT2D eigenvalue weighted by molar-refractivity contribution is -0.534. The molecule has 2 aromatic carbocycles. The Hall–Kier alpha value is -3.57. The van der Waals surface area contributed by atoms with Crippen LogP contribution in [0, 0.1) is 22.5 Å². The quantitative estimate of drug-likeness (QED) is 0.443. The highest BCUT2D eigenvalue weighted by Gasteiger charge is 2.73. The highest BCUT2D eigenvalue weighted by atomic mass is 16.6. The van der Waals surface area contributed by atoms with Gasteiger partial charge in [0.15, 0.2) is 17.0 Å². The van der Waals surface area contributed by atoms with E-state index in [1.54, 1.807) is 18.2 Å². The summed E-state index contributed by atoms with van der Waals surface area (Å²) in [5.41, 5.74) is 0.744. The third kappa shape index (κ3) is 2.64. The van der Waals surface area contributed by atoms with Crippen LogP contribution in [0.4, 0.5) is 5.69 Å². The fraction of sp³-hybridized carbons (Fsp3) is 0.375. The molecule has 32 heavy (non-hydrogen) atoms. The van der Waals surface area contributed by atoms with E-state index >= 15 is 0 Å². The van der Waals surface area contributed by atoms with Gasteiger partial charge in [0.1, 0.15) is 6.61 Å². The lowest BCUT2D eigenvalue weighted by Gasteiger charge is -2.32. The molecule has 5 rings (SSSR count). The molecule has 0 saturated carbocycles. The van der Waals surface area contributed by atoms with Crippen LogP contribution in [0.5, 0.6) is 11.5 Å². The molecule has 0 aromatic heterocycles. The van der Waals surface area contributed by atoms with Crippen LogP contribution in [0.25, 0.3) is 0 Å². The number of methoxy groups -OCH3 is 1. The van der Waals surface area contributed by atoms with E-state index in [-0.39, 0.29) is 23.5 Å². The summed E-state index contributed by atoms with van der Waals surface area (Å²) in [6, 6.07) is 11.4. The molecule has 0 aliphatic carbocycles. The molecular formula is C24H23N3O5. The topological polar surface area (TPSA) is 93.9 Å². The van der Waals surface area contributed by atoms with E-state index in [0.29, 0.717) is 29.3 Å². The summed E-state index contributed by atoms with van der Waals surface area (Å²) >= 11 is 0. The number of carbonyl (C=O) groups is 1. The molecule has 8 heteroatoms. The standard InChI is InChI=1S/C24H23N3O5/c1-3-13-32-19-11-10-15(14-20(19)31-2)21-18-9-6-12-26(18)24(22(21)27(29)30)16-7-4-5-8-17(16)25-23(24)28/h1,4-5,7-8,10-11,14,18,21-22H,6,9,12-13H2,2H3,(H,25,28)/t18-,21+,22-,24+/m0/s1. The van der Waals surface area contributed by atoms with Crippen LogP contribution in [-0.4, -0.2) is 48.1 Å². The van der Waals surface area contributed by atoms with Crippen LogP contribution in [0.15, 0.2) is 42.5 Å². The molecule has 4 atom stereocenters. The second-order valence-corrected chi connectivity index (χ2v) is 8.33. The number of benzene rings is 2. The van der Waals surface area contributed by atoms with Gasteiger partial charge in [-0.1, -0.05) is 30.2 Å². The molecule has 3 heterocycles. The first kappa shape index (κ1) is 20.3. The second kappa shape index (κ2) is 7.53. The third-order valence-electron chi connectivity index (χ3n) is 6.98. The number of ether oxygens (including phenoxy) is 2. The van der Waals surface area contributed by atoms with Crippen molar-refractivity contribution in [2.45, 2.75) is 36.4 Å². The van der Waals surface area contributed by atoms with Gasteiger partial charge in [0.05, 0.1) is 13.0 Å². The molecule has 3 aliphatic rings. The summed E-state index contributed by atoms with van der Waals surface area (Å²) in [6.07, 6.45) is 6.95. The highest BCUT2D eigenvalue weighted by Crippen LogP contribution is 2.58. The first-order valence-electron chi connectivity index (χ1n) is 10.6. The van der Waals surface area contributed by atoms with Gasteiger partial charge in [-0.3, -0.25) is 19.8 Å². The van der Waals surface area contributed by atoms with Crippen molar-refractivity contribution in [1.29, 1.82) is 0 Å². The number of hydrogen-bond acceptors (Lipinski definition) is 6. The second-order valence-electron chi connectivity index (χ2n) is 8.33. The molecule has 164 valence electrons. The third-order valence-corrected chi connectivity index (χ3v) is 6.98. The molecule has 2 fully saturated rings. The minimum Gasteiger partial charge on any atom is -0.493 e. The van der Waals surface area contributed by atoms with Gasteiger partial charge in [0.2, 0.25) is 0 Å². The Morgan fingerprint density at radius 3 is 2.88 bits per heavy atom. The molecule has 8 nitrogen and oxygen atoms in total. The van der Waals surface area contributed by atoms with Crippen LogP contribution < -0.4 is 14.8 Å². The average molecular weight is 433 g/mol. The minimum atomic E-state index is -1.34. The Kier molecular flexibility index (Phi) is 4.79. The maximum Gasteiger partial charge on any atom is 0.256 e. The molecule has 1 spiro atoms. The van der Waals surface area contributed by atoms with Crippen molar-refractivity contribution in [3.63, 3.8) is 0 Å². The van der Waals surface area contributed by atoms with Crippen molar-refractivity contribution in [2.75, 3.05) is 25.6 Å². The number of hydrogen-bond donors (Lipinski definition) is 1. The Balaban J connectivity index is 1.67. The summed E-state index contributed by atoms with van der Waals surface area (Å²) in [7, 11) is 1.52. The van der Waals surface area contributed by atoms with Crippen LogP contribution in [-0.2, 0) is 10.3 Å². The van der Waals surface area contributed by atoms with Crippen LogP contribution in [0.3, 0.4) is 0 Å². The van der Waals surface area contributed by atoms with Gasteiger partial charge < -0.3 is 14.8 Å². The first-order chi connectivity index (χ1) is 15.5. The van der Waals surface area contributed by atoms with Crippen LogP contribution >= 0.6 is 0 Å². The number of carbonyl (C=O) groups excluding carboxylic acids is 1. The lowest BCUT2D eigenvalue weighted by atomic mass is 9.77. The predicted molar refractivity (Wildman–Crippen MR) is 117 cm³/mol. The number of anilines is 1. The van der Waals surface area contributed by atoms with Crippen LogP contribution in [0.2, 0.25) is 0 Å². The summed E-state index contributed by atoms with van der Waals surface area (Å²) in [6.45, 7) is 0.723. The fourth-order valence-electron chi connectivity index (χ4n) is 5.91. The van der Waals surface area contributed by atoms with Crippen molar-refractivity contribution in [1.82, 2.24) is 4.90 Å². The Bertz CT molecular complexity index is 1140. The maximum absolute atomic E-state index is 13.5. The number of rotatable bonds is 5. The van der Waals surface area contributed by atoms with E-state index in [4.69, 9.17) is 15.9 Å². The summed E-state index contributed by atoms with van der Waals surface area (Å²) in [5, 5.41) is 15.5. The zero-order chi connectivity index (χ0) is 22.5. The molecule has 1 N–H and O–H groups in total. The summed E-state index contributed by atoms with van der Waals surface area (Å²) in [4.78, 5) is 27.9. The SMILES string of the molecule is C#CCOc1ccc([C@H]2[C@H]([N+](=O)[O-])[C@]3(C(=O)Nc4ccccc43)N3CCC[C@@H]23)cc1OC. The Labute approximate surface area is 185 Å². The number of nitro groups is 1. The first-order valence-corrected chi connectivity index (χ1v) is 10.6. The normalized spacial score (nSPS) is 28.1. The van der Waals surface area contributed by atoms with E-state index in [9.17, 15) is 14.9 Å². The summed E-state index contributed by atoms with van der Waals surface area (Å²) in [5.74, 6) is 2.55. The monoisotopic (exact) mass is 433 g/mol. The Morgan fingerprint density at radius 1 is 1.31 bits per heavy atom. The predicted octanol–water partition coefficient (Wildman–Crippen LogP) is 2.76. The van der Waals surface area contributed by atoms with Gasteiger partial charge in [-0.25, -0.2) is 0 Å². The van der Waals surface area contributed by atoms with Gasteiger partial charge in [-0.15, -0.1) is 6.42 Å². The van der Waals surface area contributed by atoms with Gasteiger partial charge in [-0.05, 0) is 36.6 Å². The number of nitrogens with zero attached hydrogens (tertiary/aromatic N) is 2. The molecule has 1 amide bonds. The number of terminal acetylenes is 1. The molecule has 2 saturated heterocycles. The van der Waals surface area contributed by atoms with E-state index in [1.165, 1.54) is 7.11 Å². The molecule has 0 radical (unpaired) electrons.